The van der Waals surface area contributed by atoms with Gasteiger partial charge in [0.15, 0.2) is 0 Å². The number of benzene rings is 2. The molecule has 4 atom stereocenters. The van der Waals surface area contributed by atoms with Crippen molar-refractivity contribution in [3.05, 3.63) is 65.5 Å². The van der Waals surface area contributed by atoms with E-state index in [1.807, 2.05) is 12.1 Å². The van der Waals surface area contributed by atoms with Crippen LogP contribution in [0.3, 0.4) is 0 Å². The van der Waals surface area contributed by atoms with Crippen LogP contribution >= 0.6 is 0 Å². The maximum atomic E-state index is 13.7. The largest absolute Gasteiger partial charge is 0.326 e. The zero-order valence-electron chi connectivity index (χ0n) is 22.6. The van der Waals surface area contributed by atoms with Gasteiger partial charge < -0.3 is 10.2 Å². The van der Waals surface area contributed by atoms with E-state index in [1.54, 1.807) is 12.1 Å². The Morgan fingerprint density at radius 3 is 2.71 bits per heavy atom. The molecular weight excluding hydrogens is 473 g/mol. The van der Waals surface area contributed by atoms with E-state index in [2.05, 4.69) is 28.4 Å². The average molecular weight is 516 g/mol. The van der Waals surface area contributed by atoms with E-state index >= 15 is 0 Å². The minimum atomic E-state index is -0.324. The molecule has 1 aliphatic heterocycles. The average Bonchev–Trinajstić information content (AvgIpc) is 3.43. The number of fused-ring (bicyclic) bond motifs is 1. The molecule has 0 radical (unpaired) electrons. The summed E-state index contributed by atoms with van der Waals surface area (Å²) >= 11 is 0. The highest BCUT2D eigenvalue weighted by molar-refractivity contribution is 5.92. The fourth-order valence-electron chi connectivity index (χ4n) is 7.24. The standard InChI is InChI=1S/C33H42FN3O/c34-30-12-8-13-31(22-30)36-32(38)27(10-3-1-2-4-16-37-17-5-6-18-37)19-25-14-15-33(23-29(33)20-25)28-11-7-9-26(21-28)24-35/h7-9,11-13,21-22,25,27,29H,1-6,10,14-20,23H2,(H,36,38)/t25-,27?,29?,33+/m0/s1. The molecular formula is C33H42FN3O. The van der Waals surface area contributed by atoms with Gasteiger partial charge in [-0.3, -0.25) is 4.79 Å². The van der Waals surface area contributed by atoms with E-state index in [1.165, 1.54) is 75.9 Å². The van der Waals surface area contributed by atoms with Gasteiger partial charge in [0, 0.05) is 11.6 Å². The third-order valence-corrected chi connectivity index (χ3v) is 9.47. The summed E-state index contributed by atoms with van der Waals surface area (Å²) in [5.41, 5.74) is 2.87. The van der Waals surface area contributed by atoms with Crippen molar-refractivity contribution in [2.24, 2.45) is 17.8 Å². The molecule has 5 heteroatoms. The molecule has 202 valence electrons. The minimum Gasteiger partial charge on any atom is -0.326 e. The predicted molar refractivity (Wildman–Crippen MR) is 150 cm³/mol. The van der Waals surface area contributed by atoms with Crippen LogP contribution in [0, 0.1) is 34.9 Å². The highest BCUT2D eigenvalue weighted by atomic mass is 19.1. The Labute approximate surface area is 227 Å². The van der Waals surface area contributed by atoms with E-state index < -0.39 is 0 Å². The van der Waals surface area contributed by atoms with Crippen molar-refractivity contribution in [1.29, 1.82) is 5.26 Å². The molecule has 0 spiro atoms. The molecule has 2 aromatic carbocycles. The molecule has 2 aliphatic carbocycles. The number of carbonyl (C=O) groups excluding carboxylic acids is 1. The number of amides is 1. The molecule has 0 bridgehead atoms. The highest BCUT2D eigenvalue weighted by Gasteiger charge is 2.57. The summed E-state index contributed by atoms with van der Waals surface area (Å²) < 4.78 is 13.7. The molecule has 38 heavy (non-hydrogen) atoms. The summed E-state index contributed by atoms with van der Waals surface area (Å²) in [4.78, 5) is 15.9. The van der Waals surface area contributed by atoms with Crippen LogP contribution in [0.4, 0.5) is 10.1 Å². The van der Waals surface area contributed by atoms with Gasteiger partial charge in [0.05, 0.1) is 11.6 Å². The minimum absolute atomic E-state index is 0.0324. The lowest BCUT2D eigenvalue weighted by Crippen LogP contribution is -2.28. The van der Waals surface area contributed by atoms with Gasteiger partial charge in [-0.2, -0.15) is 5.26 Å². The summed E-state index contributed by atoms with van der Waals surface area (Å²) in [5.74, 6) is 0.896. The second kappa shape index (κ2) is 12.4. The Morgan fingerprint density at radius 2 is 1.92 bits per heavy atom. The zero-order valence-corrected chi connectivity index (χ0v) is 22.6. The van der Waals surface area contributed by atoms with E-state index in [0.717, 1.165) is 44.1 Å². The number of hydrogen-bond acceptors (Lipinski definition) is 3. The van der Waals surface area contributed by atoms with E-state index in [-0.39, 0.29) is 23.1 Å². The van der Waals surface area contributed by atoms with Crippen LogP contribution in [0.1, 0.15) is 88.2 Å². The van der Waals surface area contributed by atoms with Gasteiger partial charge in [-0.15, -0.1) is 0 Å². The monoisotopic (exact) mass is 515 g/mol. The predicted octanol–water partition coefficient (Wildman–Crippen LogP) is 7.45. The smallest absolute Gasteiger partial charge is 0.227 e. The third-order valence-electron chi connectivity index (χ3n) is 9.47. The van der Waals surface area contributed by atoms with Crippen molar-refractivity contribution < 1.29 is 9.18 Å². The first-order chi connectivity index (χ1) is 18.6. The molecule has 2 unspecified atom stereocenters. The summed E-state index contributed by atoms with van der Waals surface area (Å²) in [5, 5.41) is 12.3. The molecule has 5 rings (SSSR count). The first kappa shape index (κ1) is 26.9. The van der Waals surface area contributed by atoms with Crippen LogP contribution in [0.5, 0.6) is 0 Å². The Hall–Kier alpha value is -2.71. The quantitative estimate of drug-likeness (QED) is 0.299. The molecule has 2 saturated carbocycles. The Morgan fingerprint density at radius 1 is 1.11 bits per heavy atom. The van der Waals surface area contributed by atoms with E-state index in [4.69, 9.17) is 0 Å². The van der Waals surface area contributed by atoms with Crippen molar-refractivity contribution in [2.45, 2.75) is 82.5 Å². The van der Waals surface area contributed by atoms with Gasteiger partial charge >= 0.3 is 0 Å². The van der Waals surface area contributed by atoms with Crippen molar-refractivity contribution in [1.82, 2.24) is 4.90 Å². The molecule has 3 aliphatic rings. The van der Waals surface area contributed by atoms with Crippen LogP contribution in [-0.2, 0) is 10.2 Å². The van der Waals surface area contributed by atoms with Gasteiger partial charge in [0.2, 0.25) is 5.91 Å². The van der Waals surface area contributed by atoms with E-state index in [9.17, 15) is 14.4 Å². The van der Waals surface area contributed by atoms with Crippen LogP contribution < -0.4 is 5.32 Å². The maximum Gasteiger partial charge on any atom is 0.227 e. The van der Waals surface area contributed by atoms with Gasteiger partial charge in [-0.1, -0.05) is 37.5 Å². The number of rotatable bonds is 12. The number of hydrogen-bond donors (Lipinski definition) is 1. The summed E-state index contributed by atoms with van der Waals surface area (Å²) in [6.45, 7) is 3.73. The first-order valence-corrected chi connectivity index (χ1v) is 14.9. The SMILES string of the molecule is N#Cc1cccc([C@]23CC[C@@H](CC(CCCCCCN4CCCC4)C(=O)Nc4cccc(F)c4)CC2C3)c1. The number of nitrogens with zero attached hydrogens (tertiary/aromatic N) is 2. The zero-order chi connectivity index (χ0) is 26.4. The number of halogens is 1. The second-order valence-corrected chi connectivity index (χ2v) is 12.1. The van der Waals surface area contributed by atoms with Gasteiger partial charge in [0.25, 0.3) is 0 Å². The van der Waals surface area contributed by atoms with Crippen LogP contribution in [-0.4, -0.2) is 30.4 Å². The second-order valence-electron chi connectivity index (χ2n) is 12.1. The number of likely N-dealkylation sites (tertiary alicyclic amines) is 1. The van der Waals surface area contributed by atoms with Crippen molar-refractivity contribution in [3.63, 3.8) is 0 Å². The third kappa shape index (κ3) is 6.64. The molecule has 1 heterocycles. The maximum absolute atomic E-state index is 13.7. The van der Waals surface area contributed by atoms with E-state index in [0.29, 0.717) is 17.5 Å². The Kier molecular flexibility index (Phi) is 8.79. The number of carbonyl (C=O) groups is 1. The number of unbranched alkanes of at least 4 members (excludes halogenated alkanes) is 3. The molecule has 1 N–H and O–H groups in total. The fraction of sp³-hybridized carbons (Fsp3) is 0.576. The number of anilines is 1. The fourth-order valence-corrected chi connectivity index (χ4v) is 7.24. The molecule has 2 aromatic rings. The summed E-state index contributed by atoms with van der Waals surface area (Å²) in [6.07, 6.45) is 13.9. The Bertz CT molecular complexity index is 1140. The lowest BCUT2D eigenvalue weighted by atomic mass is 9.74. The van der Waals surface area contributed by atoms with Gasteiger partial charge in [-0.05, 0) is 131 Å². The Balaban J connectivity index is 1.15. The van der Waals surface area contributed by atoms with Crippen LogP contribution in [0.25, 0.3) is 0 Å². The lowest BCUT2D eigenvalue weighted by Gasteiger charge is -2.31. The first-order valence-electron chi connectivity index (χ1n) is 14.9. The van der Waals surface area contributed by atoms with Gasteiger partial charge in [-0.25, -0.2) is 4.39 Å². The van der Waals surface area contributed by atoms with Crippen molar-refractivity contribution in [2.75, 3.05) is 25.0 Å². The molecule has 1 amide bonds. The van der Waals surface area contributed by atoms with Crippen molar-refractivity contribution >= 4 is 11.6 Å². The molecule has 3 fully saturated rings. The summed E-state index contributed by atoms with van der Waals surface area (Å²) in [7, 11) is 0. The van der Waals surface area contributed by atoms with Crippen molar-refractivity contribution in [3.8, 4) is 6.07 Å². The van der Waals surface area contributed by atoms with Gasteiger partial charge in [0.1, 0.15) is 5.82 Å². The van der Waals surface area contributed by atoms with Crippen LogP contribution in [0.2, 0.25) is 0 Å². The highest BCUT2D eigenvalue weighted by Crippen LogP contribution is 2.64. The number of nitriles is 1. The van der Waals surface area contributed by atoms with Crippen LogP contribution in [0.15, 0.2) is 48.5 Å². The normalized spacial score (nSPS) is 25.4. The topological polar surface area (TPSA) is 56.1 Å². The molecule has 1 saturated heterocycles. The number of nitrogens with one attached hydrogen (secondary N) is 1. The summed E-state index contributed by atoms with van der Waals surface area (Å²) in [6, 6.07) is 16.7. The molecule has 0 aromatic heterocycles. The molecule has 4 nitrogen and oxygen atoms in total. The lowest BCUT2D eigenvalue weighted by molar-refractivity contribution is -0.120.